The molecule has 0 fully saturated rings. The predicted molar refractivity (Wildman–Crippen MR) is 50.2 cm³/mol. The summed E-state index contributed by atoms with van der Waals surface area (Å²) >= 11 is 0. The number of nitrogens with two attached hydrogens (primary N) is 1. The fourth-order valence-electron chi connectivity index (χ4n) is 1.04. The van der Waals surface area contributed by atoms with Crippen molar-refractivity contribution in [2.24, 2.45) is 0 Å². The monoisotopic (exact) mass is 176 g/mol. The zero-order valence-electron chi connectivity index (χ0n) is 7.07. The minimum Gasteiger partial charge on any atom is -0.398 e. The summed E-state index contributed by atoms with van der Waals surface area (Å²) in [6, 6.07) is 2.82. The van der Waals surface area contributed by atoms with Gasteiger partial charge in [0.15, 0.2) is 0 Å². The lowest BCUT2D eigenvalue weighted by Crippen LogP contribution is -1.96. The summed E-state index contributed by atoms with van der Waals surface area (Å²) in [5.74, 6) is 2.29. The van der Waals surface area contributed by atoms with Crippen LogP contribution >= 0.6 is 0 Å². The highest BCUT2D eigenvalue weighted by molar-refractivity contribution is 5.62. The van der Waals surface area contributed by atoms with Gasteiger partial charge in [-0.15, -0.1) is 6.42 Å². The lowest BCUT2D eigenvalue weighted by molar-refractivity contribution is -0.385. The second-order valence-electron chi connectivity index (χ2n) is 2.63. The van der Waals surface area contributed by atoms with E-state index in [9.17, 15) is 10.1 Å². The Labute approximate surface area is 75.5 Å². The third-order valence-electron chi connectivity index (χ3n) is 1.72. The first-order chi connectivity index (χ1) is 6.06. The number of nitrogens with zero attached hydrogens (tertiary/aromatic N) is 1. The Hall–Kier alpha value is -2.02. The van der Waals surface area contributed by atoms with E-state index < -0.39 is 4.92 Å². The molecular weight excluding hydrogens is 168 g/mol. The molecule has 1 aromatic rings. The van der Waals surface area contributed by atoms with Crippen molar-refractivity contribution in [2.75, 3.05) is 5.73 Å². The van der Waals surface area contributed by atoms with Crippen LogP contribution in [0.1, 0.15) is 11.1 Å². The molecule has 4 nitrogen and oxygen atoms in total. The topological polar surface area (TPSA) is 69.2 Å². The van der Waals surface area contributed by atoms with E-state index in [2.05, 4.69) is 5.92 Å². The lowest BCUT2D eigenvalue weighted by atomic mass is 10.1. The first-order valence-electron chi connectivity index (χ1n) is 3.57. The van der Waals surface area contributed by atoms with Crippen molar-refractivity contribution >= 4 is 11.4 Å². The van der Waals surface area contributed by atoms with Gasteiger partial charge in [0, 0.05) is 17.3 Å². The number of terminal acetylenes is 1. The van der Waals surface area contributed by atoms with Gasteiger partial charge in [-0.2, -0.15) is 0 Å². The van der Waals surface area contributed by atoms with E-state index in [0.29, 0.717) is 16.8 Å². The molecule has 0 aliphatic heterocycles. The molecule has 0 spiro atoms. The van der Waals surface area contributed by atoms with Crippen LogP contribution in [0, 0.1) is 29.4 Å². The van der Waals surface area contributed by atoms with Crippen LogP contribution in [-0.4, -0.2) is 4.92 Å². The summed E-state index contributed by atoms with van der Waals surface area (Å²) in [6.45, 7) is 1.62. The Morgan fingerprint density at radius 1 is 1.62 bits per heavy atom. The van der Waals surface area contributed by atoms with Crippen LogP contribution in [0.5, 0.6) is 0 Å². The highest BCUT2D eigenvalue weighted by atomic mass is 16.6. The Balaban J connectivity index is 3.41. The molecule has 4 heteroatoms. The SMILES string of the molecule is C#Cc1cc([N+](=O)[O-])c(C)cc1N. The molecule has 66 valence electrons. The fourth-order valence-corrected chi connectivity index (χ4v) is 1.04. The zero-order chi connectivity index (χ0) is 10.0. The number of hydrogen-bond donors (Lipinski definition) is 1. The van der Waals surface area contributed by atoms with Crippen LogP contribution in [0.4, 0.5) is 11.4 Å². The van der Waals surface area contributed by atoms with Gasteiger partial charge in [-0.05, 0) is 13.0 Å². The van der Waals surface area contributed by atoms with Crippen LogP contribution in [-0.2, 0) is 0 Å². The van der Waals surface area contributed by atoms with Gasteiger partial charge in [-0.1, -0.05) is 5.92 Å². The lowest BCUT2D eigenvalue weighted by Gasteiger charge is -2.01. The molecule has 0 atom stereocenters. The van der Waals surface area contributed by atoms with Gasteiger partial charge in [-0.3, -0.25) is 10.1 Å². The summed E-state index contributed by atoms with van der Waals surface area (Å²) < 4.78 is 0. The minimum absolute atomic E-state index is 0.00199. The molecule has 0 radical (unpaired) electrons. The molecular formula is C9H8N2O2. The van der Waals surface area contributed by atoms with Gasteiger partial charge >= 0.3 is 0 Å². The third kappa shape index (κ3) is 1.59. The number of nitro groups is 1. The molecule has 0 bridgehead atoms. The molecule has 0 saturated carbocycles. The van der Waals surface area contributed by atoms with E-state index in [-0.39, 0.29) is 5.69 Å². The van der Waals surface area contributed by atoms with E-state index in [1.54, 1.807) is 6.92 Å². The fraction of sp³-hybridized carbons (Fsp3) is 0.111. The molecule has 1 aromatic carbocycles. The second-order valence-corrected chi connectivity index (χ2v) is 2.63. The summed E-state index contributed by atoms with van der Waals surface area (Å²) in [6.07, 6.45) is 5.12. The van der Waals surface area contributed by atoms with Gasteiger partial charge in [-0.25, -0.2) is 0 Å². The van der Waals surface area contributed by atoms with Crippen molar-refractivity contribution < 1.29 is 4.92 Å². The molecule has 0 saturated heterocycles. The average Bonchev–Trinajstić information content (AvgIpc) is 2.03. The highest BCUT2D eigenvalue weighted by Gasteiger charge is 2.12. The number of nitro benzene ring substituents is 1. The predicted octanol–water partition coefficient (Wildman–Crippen LogP) is 1.47. The van der Waals surface area contributed by atoms with Crippen molar-refractivity contribution in [1.82, 2.24) is 0 Å². The number of benzene rings is 1. The standard InChI is InChI=1S/C9H8N2O2/c1-3-7-5-9(11(12)13)6(2)4-8(7)10/h1,4-5H,10H2,2H3. The zero-order valence-corrected chi connectivity index (χ0v) is 7.07. The number of anilines is 1. The van der Waals surface area contributed by atoms with Crippen molar-refractivity contribution in [1.29, 1.82) is 0 Å². The normalized spacial score (nSPS) is 9.23. The van der Waals surface area contributed by atoms with Crippen molar-refractivity contribution in [3.8, 4) is 12.3 Å². The maximum Gasteiger partial charge on any atom is 0.273 e. The van der Waals surface area contributed by atoms with Crippen LogP contribution in [0.3, 0.4) is 0 Å². The summed E-state index contributed by atoms with van der Waals surface area (Å²) in [5, 5.41) is 10.5. The summed E-state index contributed by atoms with van der Waals surface area (Å²) in [7, 11) is 0. The van der Waals surface area contributed by atoms with E-state index in [1.165, 1.54) is 12.1 Å². The maximum absolute atomic E-state index is 10.5. The number of hydrogen-bond acceptors (Lipinski definition) is 3. The van der Waals surface area contributed by atoms with Crippen molar-refractivity contribution in [3.05, 3.63) is 33.4 Å². The quantitative estimate of drug-likeness (QED) is 0.305. The van der Waals surface area contributed by atoms with Crippen molar-refractivity contribution in [2.45, 2.75) is 6.92 Å². The van der Waals surface area contributed by atoms with Gasteiger partial charge in [0.1, 0.15) is 0 Å². The number of rotatable bonds is 1. The molecule has 0 aromatic heterocycles. The highest BCUT2D eigenvalue weighted by Crippen LogP contribution is 2.23. The molecule has 2 N–H and O–H groups in total. The van der Waals surface area contributed by atoms with E-state index in [1.807, 2.05) is 0 Å². The summed E-state index contributed by atoms with van der Waals surface area (Å²) in [4.78, 5) is 10.0. The van der Waals surface area contributed by atoms with E-state index >= 15 is 0 Å². The Morgan fingerprint density at radius 2 is 2.23 bits per heavy atom. The van der Waals surface area contributed by atoms with Gasteiger partial charge in [0.25, 0.3) is 5.69 Å². The molecule has 0 unspecified atom stereocenters. The van der Waals surface area contributed by atoms with Crippen molar-refractivity contribution in [3.63, 3.8) is 0 Å². The van der Waals surface area contributed by atoms with E-state index in [4.69, 9.17) is 12.2 Å². The van der Waals surface area contributed by atoms with Crippen LogP contribution in [0.2, 0.25) is 0 Å². The van der Waals surface area contributed by atoms with Gasteiger partial charge in [0.2, 0.25) is 0 Å². The molecule has 13 heavy (non-hydrogen) atoms. The molecule has 0 aliphatic carbocycles. The molecule has 0 heterocycles. The van der Waals surface area contributed by atoms with Crippen LogP contribution in [0.15, 0.2) is 12.1 Å². The number of nitrogen functional groups attached to an aromatic ring is 1. The van der Waals surface area contributed by atoms with Gasteiger partial charge in [0.05, 0.1) is 10.5 Å². The average molecular weight is 176 g/mol. The Bertz CT molecular complexity index is 405. The third-order valence-corrected chi connectivity index (χ3v) is 1.72. The summed E-state index contributed by atoms with van der Waals surface area (Å²) in [5.41, 5.74) is 6.81. The number of aryl methyl sites for hydroxylation is 1. The first-order valence-corrected chi connectivity index (χ1v) is 3.57. The van der Waals surface area contributed by atoms with Crippen LogP contribution in [0.25, 0.3) is 0 Å². The largest absolute Gasteiger partial charge is 0.398 e. The smallest absolute Gasteiger partial charge is 0.273 e. The Morgan fingerprint density at radius 3 is 2.69 bits per heavy atom. The molecule has 0 amide bonds. The van der Waals surface area contributed by atoms with Gasteiger partial charge < -0.3 is 5.73 Å². The maximum atomic E-state index is 10.5. The molecule has 1 rings (SSSR count). The van der Waals surface area contributed by atoms with E-state index in [0.717, 1.165) is 0 Å². The van der Waals surface area contributed by atoms with Crippen LogP contribution < -0.4 is 5.73 Å². The molecule has 0 aliphatic rings. The minimum atomic E-state index is -0.477. The first kappa shape index (κ1) is 9.07. The second kappa shape index (κ2) is 3.15. The Kier molecular flexibility index (Phi) is 2.20.